The highest BCUT2D eigenvalue weighted by Gasteiger charge is 2.19. The smallest absolute Gasteiger partial charge is 0.339 e. The molecule has 1 aromatic carbocycles. The van der Waals surface area contributed by atoms with Gasteiger partial charge in [-0.1, -0.05) is 5.57 Å². The predicted molar refractivity (Wildman–Crippen MR) is 61.4 cm³/mol. The Balaban J connectivity index is 3.24. The van der Waals surface area contributed by atoms with Crippen LogP contribution in [0, 0.1) is 5.82 Å². The summed E-state index contributed by atoms with van der Waals surface area (Å²) in [6.45, 7) is 5.40. The van der Waals surface area contributed by atoms with E-state index < -0.39 is 29.1 Å². The molecule has 0 fully saturated rings. The maximum Gasteiger partial charge on any atom is 0.339 e. The van der Waals surface area contributed by atoms with Crippen LogP contribution in [0.25, 0.3) is 0 Å². The van der Waals surface area contributed by atoms with Gasteiger partial charge < -0.3 is 15.9 Å². The van der Waals surface area contributed by atoms with Gasteiger partial charge in [-0.3, -0.25) is 0 Å². The number of aromatic carboxylic acids is 1. The highest BCUT2D eigenvalue weighted by Crippen LogP contribution is 2.30. The second-order valence-corrected chi connectivity index (χ2v) is 3.96. The van der Waals surface area contributed by atoms with Gasteiger partial charge in [-0.25, -0.2) is 9.18 Å². The van der Waals surface area contributed by atoms with Gasteiger partial charge in [0.2, 0.25) is 0 Å². The molecule has 0 amide bonds. The van der Waals surface area contributed by atoms with Crippen LogP contribution in [0.1, 0.15) is 35.3 Å². The van der Waals surface area contributed by atoms with Gasteiger partial charge in [0, 0.05) is 11.6 Å². The van der Waals surface area contributed by atoms with Gasteiger partial charge in [-0.15, -0.1) is 6.58 Å². The second-order valence-electron chi connectivity index (χ2n) is 3.96. The summed E-state index contributed by atoms with van der Waals surface area (Å²) in [5.41, 5.74) is 6.10. The van der Waals surface area contributed by atoms with Crippen LogP contribution in [0.2, 0.25) is 0 Å². The third-order valence-electron chi connectivity index (χ3n) is 2.30. The van der Waals surface area contributed by atoms with Crippen molar-refractivity contribution in [2.45, 2.75) is 19.4 Å². The number of carboxylic acid groups (broad SMARTS) is 1. The van der Waals surface area contributed by atoms with Gasteiger partial charge in [-0.2, -0.15) is 0 Å². The van der Waals surface area contributed by atoms with Crippen LogP contribution >= 0.6 is 0 Å². The Kier molecular flexibility index (Phi) is 3.85. The molecule has 4 nitrogen and oxygen atoms in total. The minimum Gasteiger partial charge on any atom is -0.507 e. The van der Waals surface area contributed by atoms with Gasteiger partial charge in [-0.05, 0) is 25.5 Å². The Morgan fingerprint density at radius 2 is 2.18 bits per heavy atom. The van der Waals surface area contributed by atoms with E-state index >= 15 is 0 Å². The molecule has 1 rings (SSSR count). The fourth-order valence-electron chi connectivity index (χ4n) is 1.55. The summed E-state index contributed by atoms with van der Waals surface area (Å²) in [5.74, 6) is -2.63. The molecule has 0 aromatic heterocycles. The Morgan fingerprint density at radius 3 is 2.65 bits per heavy atom. The summed E-state index contributed by atoms with van der Waals surface area (Å²) < 4.78 is 13.2. The molecule has 0 heterocycles. The molecule has 0 radical (unpaired) electrons. The van der Waals surface area contributed by atoms with Crippen LogP contribution in [0.4, 0.5) is 4.39 Å². The van der Waals surface area contributed by atoms with E-state index in [1.165, 1.54) is 0 Å². The topological polar surface area (TPSA) is 83.6 Å². The quantitative estimate of drug-likeness (QED) is 0.703. The van der Waals surface area contributed by atoms with Crippen molar-refractivity contribution in [2.24, 2.45) is 5.73 Å². The molecular formula is C12H14FNO3. The zero-order valence-electron chi connectivity index (χ0n) is 9.40. The fraction of sp³-hybridized carbons (Fsp3) is 0.250. The Morgan fingerprint density at radius 1 is 1.59 bits per heavy atom. The van der Waals surface area contributed by atoms with Gasteiger partial charge in [0.25, 0.3) is 0 Å². The first kappa shape index (κ1) is 13.2. The van der Waals surface area contributed by atoms with Crippen LogP contribution < -0.4 is 5.73 Å². The van der Waals surface area contributed by atoms with Gasteiger partial charge in [0.15, 0.2) is 0 Å². The normalized spacial score (nSPS) is 12.2. The minimum absolute atomic E-state index is 0.0744. The summed E-state index contributed by atoms with van der Waals surface area (Å²) in [7, 11) is 0. The molecule has 17 heavy (non-hydrogen) atoms. The number of carbonyl (C=O) groups is 1. The molecule has 0 aliphatic heterocycles. The van der Waals surface area contributed by atoms with Crippen LogP contribution in [-0.2, 0) is 0 Å². The number of carboxylic acids is 1. The molecule has 0 unspecified atom stereocenters. The van der Waals surface area contributed by atoms with E-state index in [1.54, 1.807) is 6.92 Å². The number of benzene rings is 1. The number of phenols is 1. The number of hydrogen-bond acceptors (Lipinski definition) is 3. The monoisotopic (exact) mass is 239 g/mol. The maximum absolute atomic E-state index is 13.2. The van der Waals surface area contributed by atoms with E-state index in [0.717, 1.165) is 17.7 Å². The Hall–Kier alpha value is -1.88. The molecule has 0 saturated carbocycles. The minimum atomic E-state index is -1.40. The van der Waals surface area contributed by atoms with Crippen LogP contribution in [0.5, 0.6) is 5.75 Å². The maximum atomic E-state index is 13.2. The van der Waals surface area contributed by atoms with Gasteiger partial charge in [0.05, 0.1) is 0 Å². The summed E-state index contributed by atoms with van der Waals surface area (Å²) >= 11 is 0. The predicted octanol–water partition coefficient (Wildman–Crippen LogP) is 2.20. The zero-order valence-corrected chi connectivity index (χ0v) is 9.40. The molecule has 0 bridgehead atoms. The number of aromatic hydroxyl groups is 1. The lowest BCUT2D eigenvalue weighted by atomic mass is 9.97. The number of hydrogen-bond donors (Lipinski definition) is 3. The standard InChI is InChI=1S/C12H14FNO3/c1-6(2)3-10(14)8-4-7(13)5-9(11(8)15)12(16)17/h4-5,10,15H,1,3,14H2,2H3,(H,16,17)/t10-/m1/s1. The van der Waals surface area contributed by atoms with Crippen LogP contribution in [0.15, 0.2) is 24.3 Å². The van der Waals surface area contributed by atoms with E-state index in [9.17, 15) is 14.3 Å². The highest BCUT2D eigenvalue weighted by atomic mass is 19.1. The van der Waals surface area contributed by atoms with E-state index in [4.69, 9.17) is 10.8 Å². The first-order chi connectivity index (χ1) is 7.82. The molecule has 1 aromatic rings. The summed E-state index contributed by atoms with van der Waals surface area (Å²) in [6.07, 6.45) is 0.343. The van der Waals surface area contributed by atoms with E-state index in [2.05, 4.69) is 6.58 Å². The third kappa shape index (κ3) is 3.04. The second kappa shape index (κ2) is 4.97. The Bertz CT molecular complexity index is 471. The van der Waals surface area contributed by atoms with Crippen molar-refractivity contribution in [1.82, 2.24) is 0 Å². The SMILES string of the molecule is C=C(C)C[C@@H](N)c1cc(F)cc(C(=O)O)c1O. The molecule has 92 valence electrons. The number of nitrogens with two attached hydrogens (primary N) is 1. The van der Waals surface area contributed by atoms with E-state index in [1.807, 2.05) is 0 Å². The third-order valence-corrected chi connectivity index (χ3v) is 2.30. The van der Waals surface area contributed by atoms with Crippen molar-refractivity contribution >= 4 is 5.97 Å². The Labute approximate surface area is 98.2 Å². The van der Waals surface area contributed by atoms with E-state index in [0.29, 0.717) is 6.42 Å². The molecule has 0 spiro atoms. The van der Waals surface area contributed by atoms with Crippen molar-refractivity contribution in [3.05, 3.63) is 41.2 Å². The van der Waals surface area contributed by atoms with E-state index in [-0.39, 0.29) is 5.56 Å². The lowest BCUT2D eigenvalue weighted by Gasteiger charge is -2.15. The molecule has 1 atom stereocenters. The molecule has 0 aliphatic carbocycles. The average Bonchev–Trinajstić information content (AvgIpc) is 2.19. The van der Waals surface area contributed by atoms with Crippen LogP contribution in [-0.4, -0.2) is 16.2 Å². The highest BCUT2D eigenvalue weighted by molar-refractivity contribution is 5.91. The number of halogens is 1. The number of rotatable bonds is 4. The summed E-state index contributed by atoms with van der Waals surface area (Å²) in [5, 5.41) is 18.5. The van der Waals surface area contributed by atoms with Crippen molar-refractivity contribution in [3.8, 4) is 5.75 Å². The van der Waals surface area contributed by atoms with Crippen molar-refractivity contribution in [2.75, 3.05) is 0 Å². The largest absolute Gasteiger partial charge is 0.507 e. The molecule has 5 heteroatoms. The van der Waals surface area contributed by atoms with Crippen molar-refractivity contribution in [3.63, 3.8) is 0 Å². The first-order valence-electron chi connectivity index (χ1n) is 4.98. The lowest BCUT2D eigenvalue weighted by Crippen LogP contribution is -2.13. The van der Waals surface area contributed by atoms with Gasteiger partial charge in [0.1, 0.15) is 17.1 Å². The molecule has 0 aliphatic rings. The molecule has 0 saturated heterocycles. The molecular weight excluding hydrogens is 225 g/mol. The van der Waals surface area contributed by atoms with Crippen molar-refractivity contribution < 1.29 is 19.4 Å². The summed E-state index contributed by atoms with van der Waals surface area (Å²) in [4.78, 5) is 10.8. The van der Waals surface area contributed by atoms with Crippen LogP contribution in [0.3, 0.4) is 0 Å². The zero-order chi connectivity index (χ0) is 13.2. The molecule has 4 N–H and O–H groups in total. The fourth-order valence-corrected chi connectivity index (χ4v) is 1.55. The average molecular weight is 239 g/mol. The lowest BCUT2D eigenvalue weighted by molar-refractivity contribution is 0.0693. The first-order valence-corrected chi connectivity index (χ1v) is 4.98. The summed E-state index contributed by atoms with van der Waals surface area (Å²) in [6, 6.07) is 1.12. The van der Waals surface area contributed by atoms with Crippen molar-refractivity contribution in [1.29, 1.82) is 0 Å². The van der Waals surface area contributed by atoms with Gasteiger partial charge >= 0.3 is 5.97 Å².